The summed E-state index contributed by atoms with van der Waals surface area (Å²) in [4.78, 5) is 24.8. The molecule has 1 fully saturated rings. The lowest BCUT2D eigenvalue weighted by atomic mass is 10.4. The number of nitrogens with one attached hydrogen (secondary N) is 1. The highest BCUT2D eigenvalue weighted by molar-refractivity contribution is 8.00. The van der Waals surface area contributed by atoms with Crippen LogP contribution in [0.3, 0.4) is 0 Å². The molecule has 0 aromatic heterocycles. The third-order valence-electron chi connectivity index (χ3n) is 2.48. The highest BCUT2D eigenvalue weighted by Gasteiger charge is 2.16. The first-order valence-electron chi connectivity index (χ1n) is 6.05. The van der Waals surface area contributed by atoms with E-state index in [1.54, 1.807) is 4.90 Å². The van der Waals surface area contributed by atoms with E-state index in [0.717, 1.165) is 0 Å². The van der Waals surface area contributed by atoms with Crippen molar-refractivity contribution < 1.29 is 19.4 Å². The van der Waals surface area contributed by atoms with Crippen molar-refractivity contribution in [2.45, 2.75) is 6.42 Å². The number of aliphatic hydroxyl groups is 1. The summed E-state index contributed by atoms with van der Waals surface area (Å²) >= 11 is 1.31. The van der Waals surface area contributed by atoms with Gasteiger partial charge < -0.3 is 20.1 Å². The molecular formula is C11H20N2O4S. The van der Waals surface area contributed by atoms with E-state index in [1.807, 2.05) is 0 Å². The van der Waals surface area contributed by atoms with E-state index < -0.39 is 0 Å². The molecule has 7 heteroatoms. The highest BCUT2D eigenvalue weighted by atomic mass is 32.2. The van der Waals surface area contributed by atoms with Gasteiger partial charge in [0, 0.05) is 26.2 Å². The number of hydrogen-bond acceptors (Lipinski definition) is 5. The van der Waals surface area contributed by atoms with E-state index in [2.05, 4.69) is 5.32 Å². The lowest BCUT2D eigenvalue weighted by Crippen LogP contribution is -2.41. The second kappa shape index (κ2) is 9.18. The smallest absolute Gasteiger partial charge is 0.232 e. The first kappa shape index (κ1) is 15.3. The van der Waals surface area contributed by atoms with Crippen molar-refractivity contribution in [1.82, 2.24) is 10.2 Å². The fourth-order valence-corrected chi connectivity index (χ4v) is 2.24. The number of amides is 2. The Morgan fingerprint density at radius 3 is 2.67 bits per heavy atom. The number of thioether (sulfide) groups is 1. The molecule has 0 bridgehead atoms. The molecule has 0 aromatic carbocycles. The molecule has 1 saturated heterocycles. The van der Waals surface area contributed by atoms with Crippen molar-refractivity contribution in [1.29, 1.82) is 0 Å². The Labute approximate surface area is 111 Å². The highest BCUT2D eigenvalue weighted by Crippen LogP contribution is 2.04. The average molecular weight is 276 g/mol. The van der Waals surface area contributed by atoms with Crippen molar-refractivity contribution >= 4 is 23.6 Å². The van der Waals surface area contributed by atoms with Crippen molar-refractivity contribution in [3.63, 3.8) is 0 Å². The van der Waals surface area contributed by atoms with Gasteiger partial charge in [-0.25, -0.2) is 0 Å². The van der Waals surface area contributed by atoms with Gasteiger partial charge in [0.25, 0.3) is 0 Å². The average Bonchev–Trinajstić information content (AvgIpc) is 2.40. The summed E-state index contributed by atoms with van der Waals surface area (Å²) in [5.41, 5.74) is 0. The predicted octanol–water partition coefficient (Wildman–Crippen LogP) is -0.923. The van der Waals surface area contributed by atoms with Gasteiger partial charge in [-0.05, 0) is 6.42 Å². The zero-order valence-corrected chi connectivity index (χ0v) is 11.2. The molecule has 104 valence electrons. The summed E-state index contributed by atoms with van der Waals surface area (Å²) < 4.78 is 5.16. The molecule has 1 heterocycles. The van der Waals surface area contributed by atoms with Gasteiger partial charge in [-0.3, -0.25) is 9.59 Å². The van der Waals surface area contributed by atoms with Crippen LogP contribution in [0.5, 0.6) is 0 Å². The minimum absolute atomic E-state index is 0.0615. The summed E-state index contributed by atoms with van der Waals surface area (Å²) in [5.74, 6) is 0.573. The van der Waals surface area contributed by atoms with Gasteiger partial charge in [0.15, 0.2) is 0 Å². The van der Waals surface area contributed by atoms with Crippen LogP contribution in [0.15, 0.2) is 0 Å². The van der Waals surface area contributed by atoms with Crippen LogP contribution in [-0.2, 0) is 14.3 Å². The molecule has 18 heavy (non-hydrogen) atoms. The molecule has 1 aliphatic rings. The number of rotatable bonds is 7. The van der Waals surface area contributed by atoms with Crippen LogP contribution in [0.4, 0.5) is 0 Å². The van der Waals surface area contributed by atoms with Gasteiger partial charge in [0.05, 0.1) is 24.7 Å². The maximum atomic E-state index is 11.7. The first-order valence-corrected chi connectivity index (χ1v) is 7.20. The van der Waals surface area contributed by atoms with E-state index in [9.17, 15) is 9.59 Å². The van der Waals surface area contributed by atoms with Crippen LogP contribution < -0.4 is 5.32 Å². The zero-order valence-electron chi connectivity index (χ0n) is 10.4. The number of carbonyl (C=O) groups is 2. The lowest BCUT2D eigenvalue weighted by Gasteiger charge is -2.26. The fourth-order valence-electron chi connectivity index (χ4n) is 1.49. The van der Waals surface area contributed by atoms with Gasteiger partial charge >= 0.3 is 0 Å². The van der Waals surface area contributed by atoms with E-state index in [1.165, 1.54) is 11.8 Å². The van der Waals surface area contributed by atoms with Crippen LogP contribution in [-0.4, -0.2) is 72.8 Å². The number of morpholine rings is 1. The topological polar surface area (TPSA) is 78.9 Å². The number of ether oxygens (including phenoxy) is 1. The van der Waals surface area contributed by atoms with Crippen molar-refractivity contribution in [3.8, 4) is 0 Å². The SMILES string of the molecule is O=C(CSCC(=O)N1CCOCC1)NCCCO. The molecule has 0 aliphatic carbocycles. The molecule has 0 spiro atoms. The molecule has 1 aliphatic heterocycles. The van der Waals surface area contributed by atoms with Gasteiger partial charge in [-0.2, -0.15) is 0 Å². The Hall–Kier alpha value is -0.790. The van der Waals surface area contributed by atoms with Crippen LogP contribution >= 0.6 is 11.8 Å². The molecule has 0 atom stereocenters. The molecular weight excluding hydrogens is 256 g/mol. The predicted molar refractivity (Wildman–Crippen MR) is 69.4 cm³/mol. The molecule has 2 amide bonds. The lowest BCUT2D eigenvalue weighted by molar-refractivity contribution is -0.132. The van der Waals surface area contributed by atoms with Gasteiger partial charge in [-0.1, -0.05) is 0 Å². The quantitative estimate of drug-likeness (QED) is 0.588. The summed E-state index contributed by atoms with van der Waals surface area (Å²) in [7, 11) is 0. The van der Waals surface area contributed by atoms with Gasteiger partial charge in [-0.15, -0.1) is 11.8 Å². The Morgan fingerprint density at radius 2 is 2.00 bits per heavy atom. The first-order chi connectivity index (χ1) is 8.74. The number of carbonyl (C=O) groups excluding carboxylic acids is 2. The van der Waals surface area contributed by atoms with Crippen LogP contribution in [0.1, 0.15) is 6.42 Å². The Bertz CT molecular complexity index is 270. The van der Waals surface area contributed by atoms with Crippen LogP contribution in [0.2, 0.25) is 0 Å². The van der Waals surface area contributed by atoms with E-state index in [4.69, 9.17) is 9.84 Å². The second-order valence-electron chi connectivity index (χ2n) is 3.91. The summed E-state index contributed by atoms with van der Waals surface area (Å²) in [6.07, 6.45) is 0.559. The third-order valence-corrected chi connectivity index (χ3v) is 3.40. The van der Waals surface area contributed by atoms with Gasteiger partial charge in [0.1, 0.15) is 0 Å². The van der Waals surface area contributed by atoms with Gasteiger partial charge in [0.2, 0.25) is 11.8 Å². The largest absolute Gasteiger partial charge is 0.396 e. The molecule has 0 saturated carbocycles. The number of nitrogens with zero attached hydrogens (tertiary/aromatic N) is 1. The molecule has 0 radical (unpaired) electrons. The standard InChI is InChI=1S/C11H20N2O4S/c14-5-1-2-12-10(15)8-18-9-11(16)13-3-6-17-7-4-13/h14H,1-9H2,(H,12,15). The molecule has 1 rings (SSSR count). The third kappa shape index (κ3) is 6.23. The van der Waals surface area contributed by atoms with Crippen LogP contribution in [0.25, 0.3) is 0 Å². The van der Waals surface area contributed by atoms with Crippen molar-refractivity contribution in [3.05, 3.63) is 0 Å². The Balaban J connectivity index is 2.05. The maximum absolute atomic E-state index is 11.7. The minimum Gasteiger partial charge on any atom is -0.396 e. The normalized spacial score (nSPS) is 15.5. The van der Waals surface area contributed by atoms with Crippen LogP contribution in [0, 0.1) is 0 Å². The second-order valence-corrected chi connectivity index (χ2v) is 4.90. The monoisotopic (exact) mass is 276 g/mol. The Morgan fingerprint density at radius 1 is 1.28 bits per heavy atom. The van der Waals surface area contributed by atoms with E-state index in [0.29, 0.717) is 45.0 Å². The molecule has 2 N–H and O–H groups in total. The van der Waals surface area contributed by atoms with E-state index in [-0.39, 0.29) is 24.2 Å². The van der Waals surface area contributed by atoms with E-state index >= 15 is 0 Å². The zero-order chi connectivity index (χ0) is 13.2. The summed E-state index contributed by atoms with van der Waals surface area (Å²) in [6, 6.07) is 0. The summed E-state index contributed by atoms with van der Waals surface area (Å²) in [6.45, 7) is 3.02. The number of hydrogen-bond donors (Lipinski definition) is 2. The number of aliphatic hydroxyl groups excluding tert-OH is 1. The minimum atomic E-state index is -0.0942. The molecule has 0 aromatic rings. The molecule has 0 unspecified atom stereocenters. The summed E-state index contributed by atoms with van der Waals surface area (Å²) in [5, 5.41) is 11.2. The Kier molecular flexibility index (Phi) is 7.79. The maximum Gasteiger partial charge on any atom is 0.232 e. The fraction of sp³-hybridized carbons (Fsp3) is 0.818. The molecule has 6 nitrogen and oxygen atoms in total. The van der Waals surface area contributed by atoms with Crippen molar-refractivity contribution in [2.75, 3.05) is 51.0 Å². The van der Waals surface area contributed by atoms with Crippen molar-refractivity contribution in [2.24, 2.45) is 0 Å².